The molecule has 1 amide bonds. The lowest BCUT2D eigenvalue weighted by Gasteiger charge is -2.21. The molecule has 1 heterocycles. The molecule has 0 spiro atoms. The van der Waals surface area contributed by atoms with Crippen LogP contribution in [0, 0.1) is 18.6 Å². The highest BCUT2D eigenvalue weighted by Crippen LogP contribution is 2.40. The van der Waals surface area contributed by atoms with Crippen molar-refractivity contribution in [2.75, 3.05) is 0 Å². The molecule has 1 atom stereocenters. The lowest BCUT2D eigenvalue weighted by molar-refractivity contribution is 0.189. The highest BCUT2D eigenvalue weighted by Gasteiger charge is 2.25. The van der Waals surface area contributed by atoms with E-state index in [-0.39, 0.29) is 23.4 Å². The van der Waals surface area contributed by atoms with Crippen LogP contribution in [0.25, 0.3) is 5.69 Å². The fourth-order valence-corrected chi connectivity index (χ4v) is 3.75. The molecule has 0 saturated heterocycles. The maximum absolute atomic E-state index is 13.7. The lowest BCUT2D eigenvalue weighted by atomic mass is 10.0. The van der Waals surface area contributed by atoms with E-state index in [1.807, 2.05) is 12.1 Å². The van der Waals surface area contributed by atoms with Crippen molar-refractivity contribution < 1.29 is 18.7 Å². The zero-order valence-electron chi connectivity index (χ0n) is 16.8. The number of nitrogens with one attached hydrogen (secondary N) is 1. The number of nitrogens with zero attached hydrogens (tertiary/aromatic N) is 2. The van der Waals surface area contributed by atoms with Crippen molar-refractivity contribution in [1.82, 2.24) is 14.9 Å². The fourth-order valence-electron chi connectivity index (χ4n) is 3.75. The molecule has 0 unspecified atom stereocenters. The van der Waals surface area contributed by atoms with E-state index in [4.69, 9.17) is 0 Å². The van der Waals surface area contributed by atoms with Gasteiger partial charge in [-0.05, 0) is 61.1 Å². The molecule has 31 heavy (non-hydrogen) atoms. The van der Waals surface area contributed by atoms with E-state index >= 15 is 0 Å². The second-order valence-corrected chi connectivity index (χ2v) is 7.78. The van der Waals surface area contributed by atoms with Gasteiger partial charge in [-0.25, -0.2) is 18.6 Å². The molecule has 1 aliphatic carbocycles. The van der Waals surface area contributed by atoms with Crippen LogP contribution >= 0.6 is 0 Å². The second kappa shape index (κ2) is 8.29. The van der Waals surface area contributed by atoms with Crippen LogP contribution in [0.1, 0.15) is 47.4 Å². The monoisotopic (exact) mass is 425 g/mol. The Hall–Kier alpha value is -3.55. The normalized spacial score (nSPS) is 14.3. The average Bonchev–Trinajstić information content (AvgIpc) is 3.51. The summed E-state index contributed by atoms with van der Waals surface area (Å²) in [5.41, 5.74) is 2.01. The number of aryl methyl sites for hydroxylation is 1. The molecule has 6 nitrogen and oxygen atoms in total. The van der Waals surface area contributed by atoms with Crippen LogP contribution in [0.4, 0.5) is 13.6 Å². The summed E-state index contributed by atoms with van der Waals surface area (Å²) in [5, 5.41) is 11.7. The molecule has 3 aromatic rings. The third-order valence-electron chi connectivity index (χ3n) is 5.24. The molecule has 1 saturated carbocycles. The number of benzene rings is 2. The summed E-state index contributed by atoms with van der Waals surface area (Å²) in [6.07, 6.45) is 0.863. The summed E-state index contributed by atoms with van der Waals surface area (Å²) in [5.74, 6) is -0.842. The first-order valence-electron chi connectivity index (χ1n) is 9.95. The number of amides is 1. The van der Waals surface area contributed by atoms with E-state index in [1.54, 1.807) is 19.1 Å². The quantitative estimate of drug-likeness (QED) is 0.619. The second-order valence-electron chi connectivity index (χ2n) is 7.78. The van der Waals surface area contributed by atoms with Gasteiger partial charge in [-0.15, -0.1) is 0 Å². The summed E-state index contributed by atoms with van der Waals surface area (Å²) in [6.45, 7) is 1.63. The summed E-state index contributed by atoms with van der Waals surface area (Å²) >= 11 is 0. The molecular weight excluding hydrogens is 404 g/mol. The van der Waals surface area contributed by atoms with Gasteiger partial charge in [-0.3, -0.25) is 9.36 Å². The Morgan fingerprint density at radius 2 is 1.81 bits per heavy atom. The van der Waals surface area contributed by atoms with Crippen LogP contribution < -0.4 is 10.9 Å². The Morgan fingerprint density at radius 3 is 2.39 bits per heavy atom. The zero-order chi connectivity index (χ0) is 22.1. The zero-order valence-corrected chi connectivity index (χ0v) is 16.8. The standard InChI is InChI=1S/C23H21F2N3O3/c1-13-8-21(29)28(19-6-4-16(5-7-19)15-2-3-15)22(26-13)20(27-23(30)31)11-14-9-17(24)12-18(25)10-14/h4-10,12,15,20,27H,2-3,11H2,1H3,(H,30,31)/t20-/m0/s1. The third-order valence-corrected chi connectivity index (χ3v) is 5.24. The number of rotatable bonds is 6. The van der Waals surface area contributed by atoms with Gasteiger partial charge in [0, 0.05) is 24.2 Å². The maximum atomic E-state index is 13.7. The molecule has 2 aromatic carbocycles. The van der Waals surface area contributed by atoms with Gasteiger partial charge in [-0.2, -0.15) is 0 Å². The van der Waals surface area contributed by atoms with Crippen LogP contribution in [0.2, 0.25) is 0 Å². The summed E-state index contributed by atoms with van der Waals surface area (Å²) < 4.78 is 28.7. The molecule has 1 aliphatic rings. The molecule has 0 radical (unpaired) electrons. The van der Waals surface area contributed by atoms with E-state index in [1.165, 1.54) is 16.2 Å². The van der Waals surface area contributed by atoms with Crippen molar-refractivity contribution in [3.8, 4) is 5.69 Å². The first-order chi connectivity index (χ1) is 14.8. The van der Waals surface area contributed by atoms with Gasteiger partial charge in [0.2, 0.25) is 0 Å². The Balaban J connectivity index is 1.79. The van der Waals surface area contributed by atoms with Gasteiger partial charge in [0.1, 0.15) is 17.5 Å². The van der Waals surface area contributed by atoms with E-state index in [0.29, 0.717) is 17.3 Å². The molecule has 0 aliphatic heterocycles. The molecule has 2 N–H and O–H groups in total. The first-order valence-corrected chi connectivity index (χ1v) is 9.95. The van der Waals surface area contributed by atoms with Gasteiger partial charge < -0.3 is 10.4 Å². The largest absolute Gasteiger partial charge is 0.465 e. The first kappa shape index (κ1) is 20.7. The Kier molecular flexibility index (Phi) is 5.54. The van der Waals surface area contributed by atoms with Crippen LogP contribution in [-0.2, 0) is 6.42 Å². The number of carbonyl (C=O) groups is 1. The Bertz CT molecular complexity index is 1170. The van der Waals surface area contributed by atoms with Crippen LogP contribution in [0.5, 0.6) is 0 Å². The predicted octanol–water partition coefficient (Wildman–Crippen LogP) is 4.25. The van der Waals surface area contributed by atoms with Crippen molar-refractivity contribution in [1.29, 1.82) is 0 Å². The van der Waals surface area contributed by atoms with Gasteiger partial charge >= 0.3 is 6.09 Å². The summed E-state index contributed by atoms with van der Waals surface area (Å²) in [6, 6.07) is 10.8. The number of aromatic nitrogens is 2. The minimum Gasteiger partial charge on any atom is -0.465 e. The van der Waals surface area contributed by atoms with E-state index in [9.17, 15) is 23.5 Å². The minimum atomic E-state index is -1.34. The molecule has 4 rings (SSSR count). The molecule has 0 bridgehead atoms. The molecule has 160 valence electrons. The molecule has 8 heteroatoms. The van der Waals surface area contributed by atoms with Crippen LogP contribution in [0.15, 0.2) is 53.3 Å². The van der Waals surface area contributed by atoms with Crippen molar-refractivity contribution in [3.05, 3.63) is 93.2 Å². The number of hydrogen-bond acceptors (Lipinski definition) is 3. The number of carboxylic acid groups (broad SMARTS) is 1. The maximum Gasteiger partial charge on any atom is 0.405 e. The van der Waals surface area contributed by atoms with Crippen molar-refractivity contribution >= 4 is 6.09 Å². The van der Waals surface area contributed by atoms with Crippen molar-refractivity contribution in [2.24, 2.45) is 0 Å². The van der Waals surface area contributed by atoms with E-state index in [0.717, 1.165) is 31.0 Å². The van der Waals surface area contributed by atoms with E-state index < -0.39 is 23.8 Å². The van der Waals surface area contributed by atoms with Gasteiger partial charge in [0.05, 0.1) is 11.7 Å². The Morgan fingerprint density at radius 1 is 1.16 bits per heavy atom. The van der Waals surface area contributed by atoms with Gasteiger partial charge in [-0.1, -0.05) is 12.1 Å². The summed E-state index contributed by atoms with van der Waals surface area (Å²) in [7, 11) is 0. The highest BCUT2D eigenvalue weighted by atomic mass is 19.1. The van der Waals surface area contributed by atoms with Crippen molar-refractivity contribution in [2.45, 2.75) is 38.1 Å². The lowest BCUT2D eigenvalue weighted by Crippen LogP contribution is -2.35. The van der Waals surface area contributed by atoms with Gasteiger partial charge in [0.25, 0.3) is 5.56 Å². The van der Waals surface area contributed by atoms with E-state index in [2.05, 4.69) is 10.3 Å². The number of halogens is 2. The highest BCUT2D eigenvalue weighted by molar-refractivity contribution is 5.65. The third kappa shape index (κ3) is 4.79. The minimum absolute atomic E-state index is 0.0863. The smallest absolute Gasteiger partial charge is 0.405 e. The average molecular weight is 425 g/mol. The SMILES string of the molecule is Cc1cc(=O)n(-c2ccc(C3CC3)cc2)c([C@H](Cc2cc(F)cc(F)c2)NC(=O)O)n1. The van der Waals surface area contributed by atoms with Gasteiger partial charge in [0.15, 0.2) is 0 Å². The van der Waals surface area contributed by atoms with Crippen molar-refractivity contribution in [3.63, 3.8) is 0 Å². The molecular formula is C23H21F2N3O3. The topological polar surface area (TPSA) is 84.2 Å². The molecule has 1 aromatic heterocycles. The van der Waals surface area contributed by atoms with Crippen LogP contribution in [0.3, 0.4) is 0 Å². The fraction of sp³-hybridized carbons (Fsp3) is 0.261. The number of hydrogen-bond donors (Lipinski definition) is 2. The molecule has 1 fully saturated rings. The van der Waals surface area contributed by atoms with Crippen LogP contribution in [-0.4, -0.2) is 20.8 Å². The predicted molar refractivity (Wildman–Crippen MR) is 111 cm³/mol. The Labute approximate surface area is 177 Å². The summed E-state index contributed by atoms with van der Waals surface area (Å²) in [4.78, 5) is 28.8.